The van der Waals surface area contributed by atoms with E-state index in [1.54, 1.807) is 37.3 Å². The van der Waals surface area contributed by atoms with Gasteiger partial charge in [0.05, 0.1) is 17.7 Å². The number of carbonyl (C=O) groups excluding carboxylic acids is 3. The first-order chi connectivity index (χ1) is 15.7. The maximum absolute atomic E-state index is 13.3. The Morgan fingerprint density at radius 1 is 1.21 bits per heavy atom. The number of carbonyl (C=O) groups is 3. The van der Waals surface area contributed by atoms with Crippen LogP contribution >= 0.6 is 0 Å². The third-order valence-corrected chi connectivity index (χ3v) is 5.86. The Labute approximate surface area is 196 Å². The van der Waals surface area contributed by atoms with Crippen LogP contribution in [0.4, 0.5) is 10.5 Å². The van der Waals surface area contributed by atoms with Crippen LogP contribution in [0.15, 0.2) is 18.2 Å². The van der Waals surface area contributed by atoms with E-state index in [0.29, 0.717) is 43.1 Å². The Kier molecular flexibility index (Phi) is 9.96. The van der Waals surface area contributed by atoms with Crippen molar-refractivity contribution in [1.82, 2.24) is 15.1 Å². The van der Waals surface area contributed by atoms with Crippen LogP contribution in [0.2, 0.25) is 0 Å². The van der Waals surface area contributed by atoms with Crippen LogP contribution in [-0.4, -0.2) is 80.2 Å². The third kappa shape index (κ3) is 7.08. The standard InChI is InChI=1S/C24H38N4O5/c1-7-11-25-24(31)26-18-9-10-20-19(12-18)23(30)27(5)14-21(32-6)16(3)13-28(22(29)8-2)17(4)15-33-20/h9-10,12,16-17,21H,7-8,11,13-15H2,1-6H3,(H2,25,26,31)/t16-,17+,21-/m0/s1. The lowest BCUT2D eigenvalue weighted by Gasteiger charge is -2.36. The molecule has 0 radical (unpaired) electrons. The number of fused-ring (bicyclic) bond motifs is 1. The molecule has 0 aromatic heterocycles. The average Bonchev–Trinajstić information content (AvgIpc) is 2.81. The molecule has 1 aromatic carbocycles. The summed E-state index contributed by atoms with van der Waals surface area (Å²) in [5, 5.41) is 5.51. The van der Waals surface area contributed by atoms with E-state index in [4.69, 9.17) is 9.47 Å². The Morgan fingerprint density at radius 2 is 1.94 bits per heavy atom. The summed E-state index contributed by atoms with van der Waals surface area (Å²) in [6.45, 7) is 9.44. The monoisotopic (exact) mass is 462 g/mol. The molecule has 1 aromatic rings. The minimum atomic E-state index is -0.331. The summed E-state index contributed by atoms with van der Waals surface area (Å²) < 4.78 is 11.7. The van der Waals surface area contributed by atoms with Crippen molar-refractivity contribution in [2.45, 2.75) is 52.7 Å². The Morgan fingerprint density at radius 3 is 2.58 bits per heavy atom. The largest absolute Gasteiger partial charge is 0.491 e. The fourth-order valence-electron chi connectivity index (χ4n) is 3.82. The van der Waals surface area contributed by atoms with Crippen molar-refractivity contribution < 1.29 is 23.9 Å². The predicted molar refractivity (Wildman–Crippen MR) is 128 cm³/mol. The molecular weight excluding hydrogens is 424 g/mol. The van der Waals surface area contributed by atoms with E-state index in [1.807, 2.05) is 32.6 Å². The van der Waals surface area contributed by atoms with Gasteiger partial charge in [0.15, 0.2) is 0 Å². The van der Waals surface area contributed by atoms with E-state index in [2.05, 4.69) is 10.6 Å². The fourth-order valence-corrected chi connectivity index (χ4v) is 3.82. The van der Waals surface area contributed by atoms with Gasteiger partial charge in [0, 0.05) is 51.8 Å². The van der Waals surface area contributed by atoms with Gasteiger partial charge in [-0.1, -0.05) is 20.8 Å². The van der Waals surface area contributed by atoms with Gasteiger partial charge in [-0.2, -0.15) is 0 Å². The van der Waals surface area contributed by atoms with Crippen molar-refractivity contribution >= 4 is 23.5 Å². The summed E-state index contributed by atoms with van der Waals surface area (Å²) in [4.78, 5) is 41.5. The summed E-state index contributed by atoms with van der Waals surface area (Å²) in [5.74, 6) is 0.237. The minimum absolute atomic E-state index is 0.0114. The van der Waals surface area contributed by atoms with Crippen LogP contribution in [0.25, 0.3) is 0 Å². The molecule has 3 atom stereocenters. The summed E-state index contributed by atoms with van der Waals surface area (Å²) >= 11 is 0. The molecular formula is C24H38N4O5. The number of nitrogens with zero attached hydrogens (tertiary/aromatic N) is 2. The zero-order chi connectivity index (χ0) is 24.5. The van der Waals surface area contributed by atoms with Gasteiger partial charge in [0.2, 0.25) is 5.91 Å². The number of amides is 4. The first-order valence-electron chi connectivity index (χ1n) is 11.6. The van der Waals surface area contributed by atoms with Crippen LogP contribution in [0, 0.1) is 5.92 Å². The number of benzene rings is 1. The molecule has 1 aliphatic heterocycles. The third-order valence-electron chi connectivity index (χ3n) is 5.86. The fraction of sp³-hybridized carbons (Fsp3) is 0.625. The Bertz CT molecular complexity index is 831. The molecule has 0 spiro atoms. The minimum Gasteiger partial charge on any atom is -0.491 e. The van der Waals surface area contributed by atoms with Gasteiger partial charge < -0.3 is 29.9 Å². The molecule has 184 valence electrons. The first kappa shape index (κ1) is 26.4. The topological polar surface area (TPSA) is 100 Å². The van der Waals surface area contributed by atoms with Gasteiger partial charge in [0.25, 0.3) is 5.91 Å². The molecule has 2 N–H and O–H groups in total. The van der Waals surface area contributed by atoms with Gasteiger partial charge in [-0.25, -0.2) is 4.79 Å². The van der Waals surface area contributed by atoms with E-state index < -0.39 is 0 Å². The summed E-state index contributed by atoms with van der Waals surface area (Å²) in [6.07, 6.45) is 0.978. The van der Waals surface area contributed by atoms with Crippen molar-refractivity contribution in [2.75, 3.05) is 45.7 Å². The number of methoxy groups -OCH3 is 1. The van der Waals surface area contributed by atoms with Crippen LogP contribution in [0.3, 0.4) is 0 Å². The normalized spacial score (nSPS) is 21.9. The quantitative estimate of drug-likeness (QED) is 0.701. The number of rotatable bonds is 5. The summed E-state index contributed by atoms with van der Waals surface area (Å²) in [6, 6.07) is 4.48. The molecule has 9 heteroatoms. The van der Waals surface area contributed by atoms with Gasteiger partial charge in [0.1, 0.15) is 12.4 Å². The number of likely N-dealkylation sites (N-methyl/N-ethyl adjacent to an activating group) is 1. The van der Waals surface area contributed by atoms with Crippen LogP contribution in [0.5, 0.6) is 5.75 Å². The molecule has 9 nitrogen and oxygen atoms in total. The molecule has 0 aliphatic carbocycles. The number of anilines is 1. The summed E-state index contributed by atoms with van der Waals surface area (Å²) in [5.41, 5.74) is 0.835. The van der Waals surface area contributed by atoms with E-state index >= 15 is 0 Å². The molecule has 0 saturated carbocycles. The molecule has 1 aliphatic rings. The molecule has 0 bridgehead atoms. The highest BCUT2D eigenvalue weighted by Crippen LogP contribution is 2.26. The number of hydrogen-bond acceptors (Lipinski definition) is 5. The van der Waals surface area contributed by atoms with Crippen LogP contribution in [0.1, 0.15) is 50.9 Å². The van der Waals surface area contributed by atoms with Crippen molar-refractivity contribution in [1.29, 1.82) is 0 Å². The van der Waals surface area contributed by atoms with E-state index in [-0.39, 0.29) is 42.5 Å². The van der Waals surface area contributed by atoms with E-state index in [9.17, 15) is 14.4 Å². The highest BCUT2D eigenvalue weighted by molar-refractivity contribution is 5.99. The Hall–Kier alpha value is -2.81. The van der Waals surface area contributed by atoms with Gasteiger partial charge in [-0.05, 0) is 31.5 Å². The smallest absolute Gasteiger partial charge is 0.319 e. The highest BCUT2D eigenvalue weighted by Gasteiger charge is 2.30. The van der Waals surface area contributed by atoms with Gasteiger partial charge >= 0.3 is 6.03 Å². The second kappa shape index (κ2) is 12.4. The van der Waals surface area contributed by atoms with Crippen molar-refractivity contribution in [3.8, 4) is 5.75 Å². The molecule has 2 rings (SSSR count). The number of urea groups is 1. The zero-order valence-electron chi connectivity index (χ0n) is 20.6. The van der Waals surface area contributed by atoms with Crippen molar-refractivity contribution in [2.24, 2.45) is 5.92 Å². The molecule has 4 amide bonds. The number of nitrogens with one attached hydrogen (secondary N) is 2. The molecule has 0 fully saturated rings. The van der Waals surface area contributed by atoms with Crippen LogP contribution in [-0.2, 0) is 9.53 Å². The second-order valence-electron chi connectivity index (χ2n) is 8.59. The molecule has 33 heavy (non-hydrogen) atoms. The lowest BCUT2D eigenvalue weighted by Crippen LogP contribution is -2.48. The lowest BCUT2D eigenvalue weighted by molar-refractivity contribution is -0.135. The van der Waals surface area contributed by atoms with E-state index in [1.165, 1.54) is 0 Å². The number of hydrogen-bond donors (Lipinski definition) is 2. The second-order valence-corrected chi connectivity index (χ2v) is 8.59. The molecule has 0 unspecified atom stereocenters. The maximum atomic E-state index is 13.3. The average molecular weight is 463 g/mol. The Balaban J connectivity index is 2.39. The lowest BCUT2D eigenvalue weighted by atomic mass is 10.0. The first-order valence-corrected chi connectivity index (χ1v) is 11.6. The van der Waals surface area contributed by atoms with Crippen molar-refractivity contribution in [3.63, 3.8) is 0 Å². The van der Waals surface area contributed by atoms with E-state index in [0.717, 1.165) is 6.42 Å². The number of ether oxygens (including phenoxy) is 2. The maximum Gasteiger partial charge on any atom is 0.319 e. The summed E-state index contributed by atoms with van der Waals surface area (Å²) in [7, 11) is 3.33. The van der Waals surface area contributed by atoms with Gasteiger partial charge in [-0.15, -0.1) is 0 Å². The molecule has 1 heterocycles. The van der Waals surface area contributed by atoms with Gasteiger partial charge in [-0.3, -0.25) is 9.59 Å². The SMILES string of the molecule is CCCNC(=O)Nc1ccc2c(c1)C(=O)N(C)C[C@H](OC)[C@@H](C)CN(C(=O)CC)[C@H](C)CO2. The predicted octanol–water partition coefficient (Wildman–Crippen LogP) is 2.96. The van der Waals surface area contributed by atoms with Crippen molar-refractivity contribution in [3.05, 3.63) is 23.8 Å². The van der Waals surface area contributed by atoms with Crippen LogP contribution < -0.4 is 15.4 Å². The zero-order valence-corrected chi connectivity index (χ0v) is 20.6. The highest BCUT2D eigenvalue weighted by atomic mass is 16.5. The molecule has 0 saturated heterocycles.